The number of nitrogens with zero attached hydrogens (tertiary/aromatic N) is 2. The van der Waals surface area contributed by atoms with Gasteiger partial charge in [-0.05, 0) is 93.9 Å². The van der Waals surface area contributed by atoms with Crippen LogP contribution in [0.15, 0.2) is 35.1 Å². The quantitative estimate of drug-likeness (QED) is 0.441. The summed E-state index contributed by atoms with van der Waals surface area (Å²) in [6.07, 6.45) is 3.12. The molecule has 0 amide bonds. The minimum Gasteiger partial charge on any atom is -0.395 e. The van der Waals surface area contributed by atoms with E-state index >= 15 is 0 Å². The summed E-state index contributed by atoms with van der Waals surface area (Å²) in [4.78, 5) is 19.8. The lowest BCUT2D eigenvalue weighted by Gasteiger charge is -2.33. The van der Waals surface area contributed by atoms with Crippen LogP contribution in [0, 0.1) is 6.92 Å². The van der Waals surface area contributed by atoms with Crippen LogP contribution in [0.4, 0.5) is 0 Å². The number of piperidine rings is 1. The fourth-order valence-corrected chi connectivity index (χ4v) is 5.82. The van der Waals surface area contributed by atoms with Crippen molar-refractivity contribution >= 4 is 32.8 Å². The topological polar surface area (TPSA) is 61.3 Å². The molecule has 0 bridgehead atoms. The number of benzene rings is 2. The first-order valence-electron chi connectivity index (χ1n) is 12.4. The number of aromatic nitrogens is 2. The van der Waals surface area contributed by atoms with Gasteiger partial charge in [-0.15, -0.1) is 0 Å². The molecule has 0 unspecified atom stereocenters. The monoisotopic (exact) mass is 445 g/mol. The standard InChI is InChI=1S/C28H35N3O2/c1-5-19-15-23-25(16-22(19)20-8-10-30(11-9-20)12-13-32)31(17(2)3)28-26(27(23)33)21-7-6-18(4)14-24(21)29-28/h6-7,14-17,20,29,32H,5,8-13H2,1-4H3. The second kappa shape index (κ2) is 8.62. The first-order valence-corrected chi connectivity index (χ1v) is 12.4. The third-order valence-corrected chi connectivity index (χ3v) is 7.50. The lowest BCUT2D eigenvalue weighted by Crippen LogP contribution is -2.35. The number of pyridine rings is 1. The van der Waals surface area contributed by atoms with Crippen molar-refractivity contribution < 1.29 is 5.11 Å². The molecule has 2 N–H and O–H groups in total. The van der Waals surface area contributed by atoms with E-state index in [4.69, 9.17) is 0 Å². The number of aliphatic hydroxyl groups excluding tert-OH is 1. The van der Waals surface area contributed by atoms with E-state index in [2.05, 4.69) is 72.5 Å². The van der Waals surface area contributed by atoms with Gasteiger partial charge in [-0.1, -0.05) is 19.1 Å². The van der Waals surface area contributed by atoms with E-state index in [1.807, 2.05) is 0 Å². The molecule has 1 saturated heterocycles. The molecule has 0 atom stereocenters. The fraction of sp³-hybridized carbons (Fsp3) is 0.464. The van der Waals surface area contributed by atoms with Crippen LogP contribution in [0.3, 0.4) is 0 Å². The molecule has 0 saturated carbocycles. The van der Waals surface area contributed by atoms with Gasteiger partial charge in [0.15, 0.2) is 5.43 Å². The Morgan fingerprint density at radius 3 is 2.55 bits per heavy atom. The minimum atomic E-state index is 0.131. The highest BCUT2D eigenvalue weighted by molar-refractivity contribution is 6.10. The van der Waals surface area contributed by atoms with Crippen LogP contribution in [0.25, 0.3) is 32.8 Å². The molecule has 1 fully saturated rings. The molecule has 5 rings (SSSR count). The second-order valence-electron chi connectivity index (χ2n) is 9.95. The molecule has 2 aromatic carbocycles. The molecule has 0 aliphatic carbocycles. The van der Waals surface area contributed by atoms with E-state index in [9.17, 15) is 9.90 Å². The van der Waals surface area contributed by atoms with Crippen molar-refractivity contribution in [1.82, 2.24) is 14.5 Å². The number of β-amino-alcohol motifs (C(OH)–C–C–N with tert-alkyl or cyclic N) is 1. The summed E-state index contributed by atoms with van der Waals surface area (Å²) in [5, 5.41) is 11.9. The lowest BCUT2D eigenvalue weighted by atomic mass is 9.84. The summed E-state index contributed by atoms with van der Waals surface area (Å²) >= 11 is 0. The van der Waals surface area contributed by atoms with Gasteiger partial charge in [0, 0.05) is 28.9 Å². The molecular weight excluding hydrogens is 410 g/mol. The predicted octanol–water partition coefficient (Wildman–Crippen LogP) is 5.26. The molecule has 174 valence electrons. The number of fused-ring (bicyclic) bond motifs is 4. The molecule has 1 aliphatic heterocycles. The number of rotatable bonds is 5. The van der Waals surface area contributed by atoms with Gasteiger partial charge in [-0.25, -0.2) is 0 Å². The third kappa shape index (κ3) is 3.68. The number of aromatic amines is 1. The highest BCUT2D eigenvalue weighted by Gasteiger charge is 2.25. The van der Waals surface area contributed by atoms with E-state index in [0.717, 1.165) is 71.7 Å². The smallest absolute Gasteiger partial charge is 0.199 e. The number of aryl methyl sites for hydroxylation is 2. The number of hydrogen-bond donors (Lipinski definition) is 2. The van der Waals surface area contributed by atoms with Crippen LogP contribution in [0.2, 0.25) is 0 Å². The average molecular weight is 446 g/mol. The Kier molecular flexibility index (Phi) is 5.79. The van der Waals surface area contributed by atoms with Crippen LogP contribution < -0.4 is 5.43 Å². The molecule has 0 spiro atoms. The largest absolute Gasteiger partial charge is 0.395 e. The molecule has 3 heterocycles. The van der Waals surface area contributed by atoms with Gasteiger partial charge in [0.25, 0.3) is 0 Å². The average Bonchev–Trinajstić information content (AvgIpc) is 3.17. The van der Waals surface area contributed by atoms with Gasteiger partial charge in [0.1, 0.15) is 5.65 Å². The van der Waals surface area contributed by atoms with Crippen molar-refractivity contribution in [3.63, 3.8) is 0 Å². The summed E-state index contributed by atoms with van der Waals surface area (Å²) in [7, 11) is 0. The summed E-state index contributed by atoms with van der Waals surface area (Å²) in [6, 6.07) is 11.0. The number of likely N-dealkylation sites (tertiary alicyclic amines) is 1. The number of nitrogens with one attached hydrogen (secondary N) is 1. The Hall–Kier alpha value is -2.63. The summed E-state index contributed by atoms with van der Waals surface area (Å²) in [5.74, 6) is 0.496. The van der Waals surface area contributed by atoms with Crippen molar-refractivity contribution in [2.24, 2.45) is 0 Å². The van der Waals surface area contributed by atoms with Gasteiger partial charge in [-0.3, -0.25) is 4.79 Å². The third-order valence-electron chi connectivity index (χ3n) is 7.50. The number of aliphatic hydroxyl groups is 1. The van der Waals surface area contributed by atoms with Gasteiger partial charge in [-0.2, -0.15) is 0 Å². The maximum Gasteiger partial charge on any atom is 0.199 e. The number of H-pyrrole nitrogens is 1. The summed E-state index contributed by atoms with van der Waals surface area (Å²) in [5.41, 5.74) is 7.00. The van der Waals surface area contributed by atoms with Crippen LogP contribution in [-0.2, 0) is 6.42 Å². The molecule has 0 radical (unpaired) electrons. The Bertz CT molecular complexity index is 1390. The van der Waals surface area contributed by atoms with E-state index in [1.165, 1.54) is 16.7 Å². The van der Waals surface area contributed by atoms with Crippen LogP contribution in [0.1, 0.15) is 62.3 Å². The Balaban J connectivity index is 1.76. The fourth-order valence-electron chi connectivity index (χ4n) is 5.82. The summed E-state index contributed by atoms with van der Waals surface area (Å²) < 4.78 is 2.32. The highest BCUT2D eigenvalue weighted by atomic mass is 16.3. The molecule has 1 aliphatic rings. The Morgan fingerprint density at radius 1 is 1.12 bits per heavy atom. The van der Waals surface area contributed by atoms with E-state index in [1.54, 1.807) is 0 Å². The zero-order chi connectivity index (χ0) is 23.3. The number of hydrogen-bond acceptors (Lipinski definition) is 3. The van der Waals surface area contributed by atoms with Crippen molar-refractivity contribution in [3.8, 4) is 0 Å². The Labute approximate surface area is 195 Å². The van der Waals surface area contributed by atoms with Gasteiger partial charge in [0.05, 0.1) is 17.5 Å². The van der Waals surface area contributed by atoms with Crippen molar-refractivity contribution in [2.75, 3.05) is 26.2 Å². The minimum absolute atomic E-state index is 0.131. The first kappa shape index (κ1) is 22.2. The first-order chi connectivity index (χ1) is 15.9. The van der Waals surface area contributed by atoms with Gasteiger partial charge < -0.3 is 19.6 Å². The van der Waals surface area contributed by atoms with Gasteiger partial charge in [0.2, 0.25) is 0 Å². The maximum absolute atomic E-state index is 13.8. The van der Waals surface area contributed by atoms with E-state index < -0.39 is 0 Å². The zero-order valence-electron chi connectivity index (χ0n) is 20.2. The molecular formula is C28H35N3O2. The van der Waals surface area contributed by atoms with Crippen LogP contribution in [0.5, 0.6) is 0 Å². The molecule has 5 nitrogen and oxygen atoms in total. The maximum atomic E-state index is 13.8. The molecule has 33 heavy (non-hydrogen) atoms. The second-order valence-corrected chi connectivity index (χ2v) is 9.95. The van der Waals surface area contributed by atoms with Crippen LogP contribution in [-0.4, -0.2) is 45.8 Å². The molecule has 5 heteroatoms. The molecule has 4 aromatic rings. The lowest BCUT2D eigenvalue weighted by molar-refractivity contribution is 0.164. The van der Waals surface area contributed by atoms with E-state index in [-0.39, 0.29) is 18.1 Å². The predicted molar refractivity (Wildman–Crippen MR) is 138 cm³/mol. The van der Waals surface area contributed by atoms with Gasteiger partial charge >= 0.3 is 0 Å². The van der Waals surface area contributed by atoms with Crippen molar-refractivity contribution in [2.45, 2.75) is 58.9 Å². The highest BCUT2D eigenvalue weighted by Crippen LogP contribution is 2.35. The zero-order valence-corrected chi connectivity index (χ0v) is 20.2. The van der Waals surface area contributed by atoms with Crippen molar-refractivity contribution in [3.05, 3.63) is 57.2 Å². The normalized spacial score (nSPS) is 16.1. The molecule has 2 aromatic heterocycles. The summed E-state index contributed by atoms with van der Waals surface area (Å²) in [6.45, 7) is 11.7. The van der Waals surface area contributed by atoms with Crippen molar-refractivity contribution in [1.29, 1.82) is 0 Å². The van der Waals surface area contributed by atoms with Crippen LogP contribution >= 0.6 is 0 Å². The van der Waals surface area contributed by atoms with E-state index in [0.29, 0.717) is 5.92 Å². The Morgan fingerprint density at radius 2 is 1.88 bits per heavy atom. The SMILES string of the molecule is CCc1cc2c(=O)c3c4ccc(C)cc4[nH]c3n(C(C)C)c2cc1C1CCN(CCO)CC1.